The minimum absolute atomic E-state index is 0.256. The Balaban J connectivity index is 1.12. The molecule has 0 bridgehead atoms. The van der Waals surface area contributed by atoms with Crippen LogP contribution in [0, 0.1) is 6.92 Å². The lowest BCUT2D eigenvalue weighted by atomic mass is 10.0. The van der Waals surface area contributed by atoms with Gasteiger partial charge >= 0.3 is 0 Å². The van der Waals surface area contributed by atoms with Crippen LogP contribution in [0.4, 0.5) is 5.69 Å². The SMILES string of the molecule is Cc1nnc(-c2cccc(S(=O)(=O)N3CCN(c4ccc5c(c4)CCN(C4CCCC4)CC5)CC3)c2)o1. The highest BCUT2D eigenvalue weighted by Gasteiger charge is 2.30. The third-order valence-corrected chi connectivity index (χ3v) is 10.1. The average Bonchev–Trinajstić information content (AvgIpc) is 3.57. The summed E-state index contributed by atoms with van der Waals surface area (Å²) in [4.78, 5) is 5.29. The maximum atomic E-state index is 13.4. The fourth-order valence-corrected chi connectivity index (χ4v) is 7.57. The molecule has 37 heavy (non-hydrogen) atoms. The molecule has 0 radical (unpaired) electrons. The zero-order valence-corrected chi connectivity index (χ0v) is 22.3. The predicted octanol–water partition coefficient (Wildman–Crippen LogP) is 3.90. The van der Waals surface area contributed by atoms with Gasteiger partial charge in [-0.2, -0.15) is 4.31 Å². The number of aryl methyl sites for hydroxylation is 1. The quantitative estimate of drug-likeness (QED) is 0.504. The topological polar surface area (TPSA) is 82.8 Å². The van der Waals surface area contributed by atoms with Crippen molar-refractivity contribution in [3.05, 3.63) is 59.5 Å². The van der Waals surface area contributed by atoms with Crippen molar-refractivity contribution in [1.82, 2.24) is 19.4 Å². The fourth-order valence-electron chi connectivity index (χ4n) is 6.10. The van der Waals surface area contributed by atoms with Crippen LogP contribution in [0.5, 0.6) is 0 Å². The standard InChI is InChI=1S/C28H35N5O3S/c1-21-29-30-28(36-21)24-5-4-8-27(20-24)37(34,35)33-17-15-32(16-18-33)26-10-9-22-11-13-31(14-12-23(22)19-26)25-6-2-3-7-25/h4-5,8-10,19-20,25H,2-3,6-7,11-18H2,1H3. The first-order valence-electron chi connectivity index (χ1n) is 13.5. The number of hydrogen-bond acceptors (Lipinski definition) is 7. The minimum Gasteiger partial charge on any atom is -0.421 e. The van der Waals surface area contributed by atoms with Crippen LogP contribution in [0.3, 0.4) is 0 Å². The van der Waals surface area contributed by atoms with Crippen LogP contribution in [0.2, 0.25) is 0 Å². The van der Waals surface area contributed by atoms with Crippen molar-refractivity contribution in [1.29, 1.82) is 0 Å². The molecule has 0 atom stereocenters. The molecule has 8 nitrogen and oxygen atoms in total. The van der Waals surface area contributed by atoms with Gasteiger partial charge in [0, 0.05) is 63.5 Å². The van der Waals surface area contributed by atoms with Crippen molar-refractivity contribution in [2.24, 2.45) is 0 Å². The Hall–Kier alpha value is -2.75. The van der Waals surface area contributed by atoms with Crippen molar-refractivity contribution in [3.8, 4) is 11.5 Å². The summed E-state index contributed by atoms with van der Waals surface area (Å²) in [7, 11) is -3.61. The summed E-state index contributed by atoms with van der Waals surface area (Å²) in [5, 5.41) is 7.87. The Labute approximate surface area is 219 Å². The van der Waals surface area contributed by atoms with Gasteiger partial charge in [-0.05, 0) is 67.1 Å². The molecule has 1 aromatic heterocycles. The number of fused-ring (bicyclic) bond motifs is 1. The molecular formula is C28H35N5O3S. The van der Waals surface area contributed by atoms with Gasteiger partial charge in [0.05, 0.1) is 4.90 Å². The van der Waals surface area contributed by atoms with Crippen LogP contribution in [-0.2, 0) is 22.9 Å². The van der Waals surface area contributed by atoms with Gasteiger partial charge < -0.3 is 9.32 Å². The van der Waals surface area contributed by atoms with Gasteiger partial charge in [0.25, 0.3) is 0 Å². The summed E-state index contributed by atoms with van der Waals surface area (Å²) >= 11 is 0. The van der Waals surface area contributed by atoms with E-state index >= 15 is 0 Å². The molecule has 1 aliphatic carbocycles. The number of aromatic nitrogens is 2. The van der Waals surface area contributed by atoms with Crippen LogP contribution in [0.15, 0.2) is 51.8 Å². The second-order valence-corrected chi connectivity index (χ2v) is 12.4. The summed E-state index contributed by atoms with van der Waals surface area (Å²) in [5.74, 6) is 0.775. The number of rotatable bonds is 5. The minimum atomic E-state index is -3.61. The summed E-state index contributed by atoms with van der Waals surface area (Å²) in [6, 6.07) is 14.4. The highest BCUT2D eigenvalue weighted by Crippen LogP contribution is 2.29. The second-order valence-electron chi connectivity index (χ2n) is 10.5. The van der Waals surface area contributed by atoms with Crippen LogP contribution < -0.4 is 4.90 Å². The van der Waals surface area contributed by atoms with Gasteiger partial charge in [0.15, 0.2) is 0 Å². The number of anilines is 1. The third-order valence-electron chi connectivity index (χ3n) is 8.22. The van der Waals surface area contributed by atoms with Crippen LogP contribution in [-0.4, -0.2) is 73.1 Å². The van der Waals surface area contributed by atoms with E-state index in [-0.39, 0.29) is 4.90 Å². The fraction of sp³-hybridized carbons (Fsp3) is 0.500. The van der Waals surface area contributed by atoms with E-state index in [9.17, 15) is 8.42 Å². The molecule has 3 heterocycles. The maximum Gasteiger partial charge on any atom is 0.247 e. The van der Waals surface area contributed by atoms with Gasteiger partial charge in [0.1, 0.15) is 0 Å². The molecule has 6 rings (SSSR count). The predicted molar refractivity (Wildman–Crippen MR) is 143 cm³/mol. The van der Waals surface area contributed by atoms with Gasteiger partial charge in [0.2, 0.25) is 21.8 Å². The first-order chi connectivity index (χ1) is 18.0. The number of benzene rings is 2. The van der Waals surface area contributed by atoms with E-state index < -0.39 is 10.0 Å². The van der Waals surface area contributed by atoms with Gasteiger partial charge in [-0.3, -0.25) is 4.90 Å². The zero-order chi connectivity index (χ0) is 25.4. The first-order valence-corrected chi connectivity index (χ1v) is 14.9. The summed E-state index contributed by atoms with van der Waals surface area (Å²) in [6.45, 7) is 6.29. The van der Waals surface area contributed by atoms with Crippen molar-refractivity contribution in [3.63, 3.8) is 0 Å². The second kappa shape index (κ2) is 10.2. The van der Waals surface area contributed by atoms with Crippen LogP contribution in [0.1, 0.15) is 42.7 Å². The summed E-state index contributed by atoms with van der Waals surface area (Å²) in [6.07, 6.45) is 7.70. The Morgan fingerprint density at radius 2 is 1.62 bits per heavy atom. The lowest BCUT2D eigenvalue weighted by Gasteiger charge is -2.35. The molecule has 9 heteroatoms. The maximum absolute atomic E-state index is 13.4. The lowest BCUT2D eigenvalue weighted by molar-refractivity contribution is 0.208. The Bertz CT molecular complexity index is 1360. The number of sulfonamides is 1. The number of nitrogens with zero attached hydrogens (tertiary/aromatic N) is 5. The normalized spacial score (nSPS) is 20.2. The van der Waals surface area contributed by atoms with Crippen LogP contribution in [0.25, 0.3) is 11.5 Å². The van der Waals surface area contributed by atoms with E-state index in [1.54, 1.807) is 35.5 Å². The molecule has 0 spiro atoms. The lowest BCUT2D eigenvalue weighted by Crippen LogP contribution is -2.48. The molecule has 2 fully saturated rings. The number of hydrogen-bond donors (Lipinski definition) is 0. The monoisotopic (exact) mass is 521 g/mol. The van der Waals surface area contributed by atoms with E-state index in [2.05, 4.69) is 38.2 Å². The van der Waals surface area contributed by atoms with Crippen molar-refractivity contribution >= 4 is 15.7 Å². The largest absolute Gasteiger partial charge is 0.421 e. The third kappa shape index (κ3) is 5.04. The highest BCUT2D eigenvalue weighted by atomic mass is 32.2. The molecule has 1 saturated carbocycles. The van der Waals surface area contributed by atoms with E-state index in [4.69, 9.17) is 4.42 Å². The van der Waals surface area contributed by atoms with Gasteiger partial charge in [-0.1, -0.05) is 25.0 Å². The average molecular weight is 522 g/mol. The number of piperazine rings is 1. The molecule has 196 valence electrons. The Kier molecular flexibility index (Phi) is 6.77. The van der Waals surface area contributed by atoms with E-state index in [0.29, 0.717) is 43.5 Å². The van der Waals surface area contributed by atoms with Crippen LogP contribution >= 0.6 is 0 Å². The van der Waals surface area contributed by atoms with Crippen molar-refractivity contribution < 1.29 is 12.8 Å². The zero-order valence-electron chi connectivity index (χ0n) is 21.5. The molecule has 1 saturated heterocycles. The summed E-state index contributed by atoms with van der Waals surface area (Å²) < 4.78 is 33.9. The molecule has 0 N–H and O–H groups in total. The summed E-state index contributed by atoms with van der Waals surface area (Å²) in [5.41, 5.74) is 4.75. The Morgan fingerprint density at radius 3 is 2.35 bits per heavy atom. The van der Waals surface area contributed by atoms with Crippen molar-refractivity contribution in [2.45, 2.75) is 56.4 Å². The smallest absolute Gasteiger partial charge is 0.247 e. The Morgan fingerprint density at radius 1 is 0.865 bits per heavy atom. The molecule has 2 aliphatic heterocycles. The van der Waals surface area contributed by atoms with E-state index in [0.717, 1.165) is 25.4 Å². The molecule has 3 aromatic rings. The van der Waals surface area contributed by atoms with E-state index in [1.165, 1.54) is 49.0 Å². The molecule has 3 aliphatic rings. The molecular weight excluding hydrogens is 486 g/mol. The van der Waals surface area contributed by atoms with Gasteiger partial charge in [-0.25, -0.2) is 8.42 Å². The molecule has 2 aromatic carbocycles. The van der Waals surface area contributed by atoms with E-state index in [1.807, 2.05) is 0 Å². The first kappa shape index (κ1) is 24.6. The highest BCUT2D eigenvalue weighted by molar-refractivity contribution is 7.89. The van der Waals surface area contributed by atoms with Crippen molar-refractivity contribution in [2.75, 3.05) is 44.2 Å². The van der Waals surface area contributed by atoms with Gasteiger partial charge in [-0.15, -0.1) is 10.2 Å². The molecule has 0 amide bonds. The molecule has 0 unspecified atom stereocenters.